The van der Waals surface area contributed by atoms with Gasteiger partial charge in [0, 0.05) is 13.0 Å². The molecular formula is C22H24FN3O2. The number of para-hydroxylation sites is 1. The third kappa shape index (κ3) is 3.67. The first-order chi connectivity index (χ1) is 13.5. The number of halogens is 1. The largest absolute Gasteiger partial charge is 0.333 e. The van der Waals surface area contributed by atoms with Crippen molar-refractivity contribution in [2.24, 2.45) is 0 Å². The summed E-state index contributed by atoms with van der Waals surface area (Å²) >= 11 is 0. The number of hydrogen-bond acceptors (Lipinski definition) is 3. The number of hydrogen-bond donors (Lipinski definition) is 0. The molecule has 3 aromatic rings. The van der Waals surface area contributed by atoms with Crippen LogP contribution in [0.25, 0.3) is 16.6 Å². The Kier molecular flexibility index (Phi) is 5.87. The van der Waals surface area contributed by atoms with E-state index >= 15 is 0 Å². The van der Waals surface area contributed by atoms with Crippen molar-refractivity contribution < 1.29 is 9.18 Å². The molecule has 2 aromatic carbocycles. The van der Waals surface area contributed by atoms with Crippen LogP contribution in [0.3, 0.4) is 0 Å². The van der Waals surface area contributed by atoms with Crippen LogP contribution in [0.4, 0.5) is 4.39 Å². The molecule has 0 radical (unpaired) electrons. The monoisotopic (exact) mass is 381 g/mol. The van der Waals surface area contributed by atoms with Crippen molar-refractivity contribution in [2.45, 2.75) is 39.7 Å². The van der Waals surface area contributed by atoms with Gasteiger partial charge in [0.1, 0.15) is 11.6 Å². The quantitative estimate of drug-likeness (QED) is 0.642. The Balaban J connectivity index is 2.25. The zero-order chi connectivity index (χ0) is 20.3. The highest BCUT2D eigenvalue weighted by Crippen LogP contribution is 2.23. The van der Waals surface area contributed by atoms with Crippen molar-refractivity contribution in [1.29, 1.82) is 0 Å². The van der Waals surface area contributed by atoms with E-state index in [1.807, 2.05) is 26.8 Å². The van der Waals surface area contributed by atoms with E-state index < -0.39 is 6.04 Å². The number of nitrogens with zero attached hydrogens (tertiary/aromatic N) is 3. The maximum atomic E-state index is 13.4. The summed E-state index contributed by atoms with van der Waals surface area (Å²) in [6.45, 7) is 6.24. The molecule has 1 amide bonds. The minimum absolute atomic E-state index is 0.0190. The van der Waals surface area contributed by atoms with Crippen molar-refractivity contribution >= 4 is 16.8 Å². The Bertz CT molecular complexity index is 1040. The van der Waals surface area contributed by atoms with Gasteiger partial charge in [-0.2, -0.15) is 0 Å². The van der Waals surface area contributed by atoms with Crippen LogP contribution in [0.15, 0.2) is 53.3 Å². The van der Waals surface area contributed by atoms with Gasteiger partial charge in [-0.05, 0) is 56.7 Å². The topological polar surface area (TPSA) is 55.2 Å². The number of amides is 1. The number of fused-ring (bicyclic) bond motifs is 1. The van der Waals surface area contributed by atoms with Crippen LogP contribution in [0.1, 0.15) is 45.5 Å². The summed E-state index contributed by atoms with van der Waals surface area (Å²) in [7, 11) is 0. The maximum Gasteiger partial charge on any atom is 0.266 e. The minimum atomic E-state index is -0.411. The van der Waals surface area contributed by atoms with Gasteiger partial charge >= 0.3 is 0 Å². The number of benzene rings is 2. The second-order valence-corrected chi connectivity index (χ2v) is 6.71. The summed E-state index contributed by atoms with van der Waals surface area (Å²) in [4.78, 5) is 32.3. The molecule has 0 saturated heterocycles. The van der Waals surface area contributed by atoms with Crippen molar-refractivity contribution in [2.75, 3.05) is 6.54 Å². The predicted octanol–water partition coefficient (Wildman–Crippen LogP) is 4.23. The smallest absolute Gasteiger partial charge is 0.266 e. The lowest BCUT2D eigenvalue weighted by Crippen LogP contribution is -2.37. The molecule has 1 unspecified atom stereocenters. The normalized spacial score (nSPS) is 12.1. The summed E-state index contributed by atoms with van der Waals surface area (Å²) in [6.07, 6.45) is 1.19. The predicted molar refractivity (Wildman–Crippen MR) is 108 cm³/mol. The molecule has 0 spiro atoms. The number of aromatic nitrogens is 2. The molecule has 0 bridgehead atoms. The number of carbonyl (C=O) groups excluding carboxylic acids is 1. The molecule has 5 nitrogen and oxygen atoms in total. The summed E-state index contributed by atoms with van der Waals surface area (Å²) in [6, 6.07) is 12.4. The van der Waals surface area contributed by atoms with E-state index in [-0.39, 0.29) is 17.3 Å². The molecule has 146 valence electrons. The second kappa shape index (κ2) is 8.33. The van der Waals surface area contributed by atoms with Gasteiger partial charge in [-0.1, -0.05) is 19.1 Å². The van der Waals surface area contributed by atoms with E-state index in [0.717, 1.165) is 6.42 Å². The molecule has 1 aromatic heterocycles. The van der Waals surface area contributed by atoms with Crippen LogP contribution in [0, 0.1) is 5.82 Å². The SMILES string of the molecule is CCCC(=O)N(CC)C(C)c1nc2ccccc2c(=O)n1-c1ccc(F)cc1. The highest BCUT2D eigenvalue weighted by Gasteiger charge is 2.25. The highest BCUT2D eigenvalue weighted by atomic mass is 19.1. The summed E-state index contributed by atoms with van der Waals surface area (Å²) in [5, 5.41) is 0.478. The first-order valence-electron chi connectivity index (χ1n) is 9.55. The first kappa shape index (κ1) is 19.7. The molecule has 1 atom stereocenters. The Labute approximate surface area is 163 Å². The van der Waals surface area contributed by atoms with Gasteiger partial charge in [0.25, 0.3) is 5.56 Å². The molecule has 28 heavy (non-hydrogen) atoms. The average molecular weight is 381 g/mol. The average Bonchev–Trinajstić information content (AvgIpc) is 2.69. The van der Waals surface area contributed by atoms with Gasteiger partial charge in [0.05, 0.1) is 22.6 Å². The third-order valence-corrected chi connectivity index (χ3v) is 4.85. The first-order valence-corrected chi connectivity index (χ1v) is 9.55. The molecule has 0 N–H and O–H groups in total. The van der Waals surface area contributed by atoms with Crippen molar-refractivity contribution in [3.63, 3.8) is 0 Å². The van der Waals surface area contributed by atoms with Gasteiger partial charge in [-0.3, -0.25) is 14.2 Å². The Morgan fingerprint density at radius 2 is 1.82 bits per heavy atom. The Hall–Kier alpha value is -3.02. The van der Waals surface area contributed by atoms with Gasteiger partial charge < -0.3 is 4.90 Å². The fourth-order valence-corrected chi connectivity index (χ4v) is 3.43. The van der Waals surface area contributed by atoms with E-state index in [1.165, 1.54) is 16.7 Å². The summed E-state index contributed by atoms with van der Waals surface area (Å²) in [5.41, 5.74) is 0.857. The molecule has 3 rings (SSSR count). The van der Waals surface area contributed by atoms with E-state index in [1.54, 1.807) is 35.2 Å². The van der Waals surface area contributed by atoms with Crippen molar-refractivity contribution in [3.8, 4) is 5.69 Å². The number of rotatable bonds is 6. The van der Waals surface area contributed by atoms with Gasteiger partial charge in [-0.15, -0.1) is 0 Å². The molecule has 0 aliphatic heterocycles. The van der Waals surface area contributed by atoms with E-state index in [9.17, 15) is 14.0 Å². The zero-order valence-corrected chi connectivity index (χ0v) is 16.4. The Morgan fingerprint density at radius 1 is 1.14 bits per heavy atom. The van der Waals surface area contributed by atoms with Crippen molar-refractivity contribution in [3.05, 3.63) is 70.5 Å². The lowest BCUT2D eigenvalue weighted by molar-refractivity contribution is -0.133. The molecule has 6 heteroatoms. The van der Waals surface area contributed by atoms with Crippen LogP contribution >= 0.6 is 0 Å². The molecule has 0 aliphatic carbocycles. The fourth-order valence-electron chi connectivity index (χ4n) is 3.43. The summed E-state index contributed by atoms with van der Waals surface area (Å²) in [5.74, 6) is 0.0978. The van der Waals surface area contributed by atoms with Crippen LogP contribution < -0.4 is 5.56 Å². The standard InChI is InChI=1S/C22H24FN3O2/c1-4-8-20(27)25(5-2)15(3)21-24-19-10-7-6-9-18(19)22(28)26(21)17-13-11-16(23)12-14-17/h6-7,9-15H,4-5,8H2,1-3H3. The van der Waals surface area contributed by atoms with Gasteiger partial charge in [0.15, 0.2) is 0 Å². The molecule has 0 fully saturated rings. The van der Waals surface area contributed by atoms with Gasteiger partial charge in [0.2, 0.25) is 5.91 Å². The highest BCUT2D eigenvalue weighted by molar-refractivity contribution is 5.79. The van der Waals surface area contributed by atoms with E-state index in [0.29, 0.717) is 35.4 Å². The fraction of sp³-hybridized carbons (Fsp3) is 0.318. The van der Waals surface area contributed by atoms with Gasteiger partial charge in [-0.25, -0.2) is 9.37 Å². The van der Waals surface area contributed by atoms with E-state index in [4.69, 9.17) is 4.98 Å². The van der Waals surface area contributed by atoms with Crippen LogP contribution in [0.2, 0.25) is 0 Å². The van der Waals surface area contributed by atoms with E-state index in [2.05, 4.69) is 0 Å². The summed E-state index contributed by atoms with van der Waals surface area (Å²) < 4.78 is 14.9. The third-order valence-electron chi connectivity index (χ3n) is 4.85. The van der Waals surface area contributed by atoms with Crippen LogP contribution in [0.5, 0.6) is 0 Å². The lowest BCUT2D eigenvalue weighted by atomic mass is 10.1. The zero-order valence-electron chi connectivity index (χ0n) is 16.4. The lowest BCUT2D eigenvalue weighted by Gasteiger charge is -2.29. The molecule has 0 aliphatic rings. The molecule has 1 heterocycles. The van der Waals surface area contributed by atoms with Crippen LogP contribution in [-0.4, -0.2) is 26.9 Å². The van der Waals surface area contributed by atoms with Crippen molar-refractivity contribution in [1.82, 2.24) is 14.5 Å². The molecule has 0 saturated carbocycles. The van der Waals surface area contributed by atoms with Crippen LogP contribution in [-0.2, 0) is 4.79 Å². The maximum absolute atomic E-state index is 13.4. The number of carbonyl (C=O) groups is 1. The second-order valence-electron chi connectivity index (χ2n) is 6.71. The minimum Gasteiger partial charge on any atom is -0.333 e. The Morgan fingerprint density at radius 3 is 2.46 bits per heavy atom. The molecular weight excluding hydrogens is 357 g/mol.